The number of hydrogen-bond acceptors (Lipinski definition) is 3. The van der Waals surface area contributed by atoms with Crippen molar-refractivity contribution in [3.8, 4) is 0 Å². The summed E-state index contributed by atoms with van der Waals surface area (Å²) >= 11 is 6.27. The molecule has 0 spiro atoms. The van der Waals surface area contributed by atoms with Crippen LogP contribution in [0.15, 0.2) is 24.3 Å². The minimum atomic E-state index is 0.312. The Labute approximate surface area is 120 Å². The summed E-state index contributed by atoms with van der Waals surface area (Å²) in [7, 11) is 4.16. The summed E-state index contributed by atoms with van der Waals surface area (Å²) in [5.74, 6) is 0.542. The first-order valence-corrected chi connectivity index (χ1v) is 7.21. The minimum absolute atomic E-state index is 0.312. The van der Waals surface area contributed by atoms with Crippen molar-refractivity contribution in [1.82, 2.24) is 10.2 Å². The van der Waals surface area contributed by atoms with E-state index in [0.717, 1.165) is 24.8 Å². The monoisotopic (exact) mass is 282 g/mol. The standard InChI is InChI=1S/C15H23ClN2O/c1-11(13-6-4-5-7-14(13)16)18(3)8-12-9-19-10-15(12)17-2/h4-7,11-12,15,17H,8-10H2,1-3H3. The summed E-state index contributed by atoms with van der Waals surface area (Å²) in [6.07, 6.45) is 0. The molecular formula is C15H23ClN2O. The maximum Gasteiger partial charge on any atom is 0.0623 e. The summed E-state index contributed by atoms with van der Waals surface area (Å²) in [5, 5.41) is 4.17. The van der Waals surface area contributed by atoms with Crippen LogP contribution in [0.2, 0.25) is 5.02 Å². The van der Waals surface area contributed by atoms with Crippen molar-refractivity contribution >= 4 is 11.6 Å². The van der Waals surface area contributed by atoms with Gasteiger partial charge in [0.1, 0.15) is 0 Å². The highest BCUT2D eigenvalue weighted by molar-refractivity contribution is 6.31. The fourth-order valence-electron chi connectivity index (χ4n) is 2.68. The molecule has 1 aromatic carbocycles. The summed E-state index contributed by atoms with van der Waals surface area (Å²) in [6.45, 7) is 4.86. The van der Waals surface area contributed by atoms with E-state index in [0.29, 0.717) is 18.0 Å². The molecule has 0 amide bonds. The molecule has 3 atom stereocenters. The molecule has 1 aliphatic rings. The van der Waals surface area contributed by atoms with Gasteiger partial charge in [-0.3, -0.25) is 4.90 Å². The first-order chi connectivity index (χ1) is 9.13. The molecule has 4 heteroatoms. The largest absolute Gasteiger partial charge is 0.379 e. The van der Waals surface area contributed by atoms with Gasteiger partial charge in [0.2, 0.25) is 0 Å². The summed E-state index contributed by atoms with van der Waals surface area (Å²) in [4.78, 5) is 2.35. The van der Waals surface area contributed by atoms with Crippen LogP contribution in [0.1, 0.15) is 18.5 Å². The average molecular weight is 283 g/mol. The molecule has 0 aliphatic carbocycles. The van der Waals surface area contributed by atoms with Crippen molar-refractivity contribution in [3.63, 3.8) is 0 Å². The Balaban J connectivity index is 1.99. The Morgan fingerprint density at radius 2 is 2.16 bits per heavy atom. The lowest BCUT2D eigenvalue weighted by Gasteiger charge is -2.29. The van der Waals surface area contributed by atoms with Crippen molar-refractivity contribution < 1.29 is 4.74 Å². The van der Waals surface area contributed by atoms with Gasteiger partial charge in [0.05, 0.1) is 13.2 Å². The first kappa shape index (κ1) is 14.8. The van der Waals surface area contributed by atoms with Crippen molar-refractivity contribution in [1.29, 1.82) is 0 Å². The van der Waals surface area contributed by atoms with Gasteiger partial charge < -0.3 is 10.1 Å². The number of likely N-dealkylation sites (N-methyl/N-ethyl adjacent to an activating group) is 1. The Hall–Kier alpha value is -0.610. The highest BCUT2D eigenvalue weighted by atomic mass is 35.5. The van der Waals surface area contributed by atoms with Crippen LogP contribution in [-0.2, 0) is 4.74 Å². The van der Waals surface area contributed by atoms with Gasteiger partial charge in [0.25, 0.3) is 0 Å². The molecule has 3 unspecified atom stereocenters. The number of benzene rings is 1. The number of nitrogens with zero attached hydrogens (tertiary/aromatic N) is 1. The molecular weight excluding hydrogens is 260 g/mol. The first-order valence-electron chi connectivity index (χ1n) is 6.83. The second kappa shape index (κ2) is 6.71. The van der Waals surface area contributed by atoms with E-state index < -0.39 is 0 Å². The predicted molar refractivity (Wildman–Crippen MR) is 79.7 cm³/mol. The molecule has 1 saturated heterocycles. The quantitative estimate of drug-likeness (QED) is 0.898. The van der Waals surface area contributed by atoms with E-state index in [2.05, 4.69) is 30.3 Å². The van der Waals surface area contributed by atoms with Gasteiger partial charge in [-0.25, -0.2) is 0 Å². The average Bonchev–Trinajstić information content (AvgIpc) is 2.85. The lowest BCUT2D eigenvalue weighted by molar-refractivity contribution is 0.164. The van der Waals surface area contributed by atoms with E-state index in [1.807, 2.05) is 25.2 Å². The van der Waals surface area contributed by atoms with Crippen LogP contribution >= 0.6 is 11.6 Å². The van der Waals surface area contributed by atoms with E-state index in [9.17, 15) is 0 Å². The number of nitrogens with one attached hydrogen (secondary N) is 1. The van der Waals surface area contributed by atoms with Crippen LogP contribution < -0.4 is 5.32 Å². The number of halogens is 1. The highest BCUT2D eigenvalue weighted by Crippen LogP contribution is 2.27. The van der Waals surface area contributed by atoms with Crippen LogP contribution in [0.4, 0.5) is 0 Å². The highest BCUT2D eigenvalue weighted by Gasteiger charge is 2.29. The molecule has 0 aromatic heterocycles. The molecule has 1 aliphatic heterocycles. The maximum atomic E-state index is 6.27. The molecule has 1 heterocycles. The Kier molecular flexibility index (Phi) is 5.22. The molecule has 106 valence electrons. The fraction of sp³-hybridized carbons (Fsp3) is 0.600. The van der Waals surface area contributed by atoms with Gasteiger partial charge in [0.15, 0.2) is 0 Å². The maximum absolute atomic E-state index is 6.27. The van der Waals surface area contributed by atoms with Crippen molar-refractivity contribution in [2.75, 3.05) is 33.9 Å². The van der Waals surface area contributed by atoms with E-state index in [4.69, 9.17) is 16.3 Å². The third-order valence-corrected chi connectivity index (χ3v) is 4.45. The van der Waals surface area contributed by atoms with E-state index in [1.165, 1.54) is 5.56 Å². The Morgan fingerprint density at radius 3 is 2.84 bits per heavy atom. The lowest BCUT2D eigenvalue weighted by atomic mass is 10.0. The molecule has 1 aromatic rings. The smallest absolute Gasteiger partial charge is 0.0623 e. The normalized spacial score (nSPS) is 24.9. The molecule has 0 saturated carbocycles. The molecule has 0 radical (unpaired) electrons. The zero-order chi connectivity index (χ0) is 13.8. The van der Waals surface area contributed by atoms with Gasteiger partial charge in [0, 0.05) is 29.6 Å². The molecule has 1 N–H and O–H groups in total. The second-order valence-corrected chi connectivity index (χ2v) is 5.74. The SMILES string of the molecule is CNC1COCC1CN(C)C(C)c1ccccc1Cl. The Morgan fingerprint density at radius 1 is 1.42 bits per heavy atom. The summed E-state index contributed by atoms with van der Waals surface area (Å²) in [5.41, 5.74) is 1.19. The van der Waals surface area contributed by atoms with Crippen LogP contribution in [-0.4, -0.2) is 44.8 Å². The van der Waals surface area contributed by atoms with Crippen LogP contribution in [0.25, 0.3) is 0 Å². The van der Waals surface area contributed by atoms with Crippen molar-refractivity contribution in [2.24, 2.45) is 5.92 Å². The molecule has 0 bridgehead atoms. The molecule has 1 fully saturated rings. The number of ether oxygens (including phenoxy) is 1. The third kappa shape index (κ3) is 3.48. The number of hydrogen-bond donors (Lipinski definition) is 1. The lowest BCUT2D eigenvalue weighted by Crippen LogP contribution is -2.39. The van der Waals surface area contributed by atoms with E-state index >= 15 is 0 Å². The molecule has 3 nitrogen and oxygen atoms in total. The van der Waals surface area contributed by atoms with Gasteiger partial charge in [-0.15, -0.1) is 0 Å². The fourth-order valence-corrected chi connectivity index (χ4v) is 2.97. The zero-order valence-electron chi connectivity index (χ0n) is 11.9. The topological polar surface area (TPSA) is 24.5 Å². The zero-order valence-corrected chi connectivity index (χ0v) is 12.7. The van der Waals surface area contributed by atoms with Crippen LogP contribution in [0, 0.1) is 5.92 Å². The van der Waals surface area contributed by atoms with Crippen molar-refractivity contribution in [3.05, 3.63) is 34.9 Å². The predicted octanol–water partition coefficient (Wildman–Crippen LogP) is 2.57. The summed E-state index contributed by atoms with van der Waals surface area (Å²) < 4.78 is 5.56. The van der Waals surface area contributed by atoms with Gasteiger partial charge in [-0.05, 0) is 32.6 Å². The van der Waals surface area contributed by atoms with Crippen LogP contribution in [0.5, 0.6) is 0 Å². The van der Waals surface area contributed by atoms with E-state index in [-0.39, 0.29) is 0 Å². The third-order valence-electron chi connectivity index (χ3n) is 4.11. The minimum Gasteiger partial charge on any atom is -0.379 e. The molecule has 19 heavy (non-hydrogen) atoms. The Bertz CT molecular complexity index is 413. The van der Waals surface area contributed by atoms with Crippen LogP contribution in [0.3, 0.4) is 0 Å². The second-order valence-electron chi connectivity index (χ2n) is 5.33. The van der Waals surface area contributed by atoms with E-state index in [1.54, 1.807) is 0 Å². The van der Waals surface area contributed by atoms with Gasteiger partial charge in [-0.1, -0.05) is 29.8 Å². The van der Waals surface area contributed by atoms with Gasteiger partial charge >= 0.3 is 0 Å². The summed E-state index contributed by atoms with van der Waals surface area (Å²) in [6, 6.07) is 8.84. The van der Waals surface area contributed by atoms with Gasteiger partial charge in [-0.2, -0.15) is 0 Å². The molecule has 2 rings (SSSR count). The number of rotatable bonds is 5. The van der Waals surface area contributed by atoms with Crippen molar-refractivity contribution in [2.45, 2.75) is 19.0 Å².